The quantitative estimate of drug-likeness (QED) is 0.751. The van der Waals surface area contributed by atoms with Crippen molar-refractivity contribution in [3.05, 3.63) is 23.9 Å². The Balaban J connectivity index is 1.88. The van der Waals surface area contributed by atoms with E-state index in [9.17, 15) is 8.42 Å². The van der Waals surface area contributed by atoms with Gasteiger partial charge in [-0.05, 0) is 44.6 Å². The van der Waals surface area contributed by atoms with E-state index in [1.54, 1.807) is 18.3 Å². The molecule has 1 fully saturated rings. The van der Waals surface area contributed by atoms with Gasteiger partial charge in [-0.1, -0.05) is 6.07 Å². The SMILES string of the molecule is CNCc1ccc(S(=O)(=O)NCCN2CCCC2)nc1. The molecule has 1 aromatic rings. The zero-order valence-electron chi connectivity index (χ0n) is 11.8. The monoisotopic (exact) mass is 298 g/mol. The fourth-order valence-electron chi connectivity index (χ4n) is 2.30. The standard InChI is InChI=1S/C13H22N4O2S/c1-14-10-12-4-5-13(15-11-12)20(18,19)16-6-9-17-7-2-3-8-17/h4-5,11,14,16H,2-3,6-10H2,1H3. The van der Waals surface area contributed by atoms with Crippen LogP contribution in [0.15, 0.2) is 23.4 Å². The van der Waals surface area contributed by atoms with Gasteiger partial charge in [0.15, 0.2) is 5.03 Å². The summed E-state index contributed by atoms with van der Waals surface area (Å²) in [5, 5.41) is 3.08. The molecular weight excluding hydrogens is 276 g/mol. The second-order valence-electron chi connectivity index (χ2n) is 4.98. The number of likely N-dealkylation sites (tertiary alicyclic amines) is 1. The van der Waals surface area contributed by atoms with Gasteiger partial charge in [0.25, 0.3) is 10.0 Å². The van der Waals surface area contributed by atoms with Gasteiger partial charge in [-0.3, -0.25) is 0 Å². The molecule has 0 saturated carbocycles. The molecule has 2 rings (SSSR count). The summed E-state index contributed by atoms with van der Waals surface area (Å²) in [6.45, 7) is 4.01. The van der Waals surface area contributed by atoms with Crippen LogP contribution in [0.5, 0.6) is 0 Å². The van der Waals surface area contributed by atoms with E-state index >= 15 is 0 Å². The van der Waals surface area contributed by atoms with Crippen LogP contribution in [0.1, 0.15) is 18.4 Å². The molecule has 1 aromatic heterocycles. The molecule has 0 spiro atoms. The van der Waals surface area contributed by atoms with Crippen LogP contribution in [-0.4, -0.2) is 51.5 Å². The van der Waals surface area contributed by atoms with E-state index in [0.717, 1.165) is 25.2 Å². The van der Waals surface area contributed by atoms with Gasteiger partial charge in [-0.2, -0.15) is 0 Å². The summed E-state index contributed by atoms with van der Waals surface area (Å²) in [5.41, 5.74) is 0.962. The zero-order chi connectivity index (χ0) is 14.4. The van der Waals surface area contributed by atoms with E-state index in [4.69, 9.17) is 0 Å². The zero-order valence-corrected chi connectivity index (χ0v) is 12.6. The van der Waals surface area contributed by atoms with Gasteiger partial charge in [0.2, 0.25) is 0 Å². The van der Waals surface area contributed by atoms with Crippen LogP contribution in [-0.2, 0) is 16.6 Å². The van der Waals surface area contributed by atoms with Crippen LogP contribution >= 0.6 is 0 Å². The van der Waals surface area contributed by atoms with Crippen LogP contribution in [0, 0.1) is 0 Å². The minimum atomic E-state index is -3.49. The molecule has 0 aliphatic carbocycles. The van der Waals surface area contributed by atoms with Crippen molar-refractivity contribution >= 4 is 10.0 Å². The van der Waals surface area contributed by atoms with Crippen molar-refractivity contribution in [3.8, 4) is 0 Å². The van der Waals surface area contributed by atoms with E-state index in [2.05, 4.69) is 19.9 Å². The first kappa shape index (κ1) is 15.4. The number of aromatic nitrogens is 1. The maximum Gasteiger partial charge on any atom is 0.258 e. The molecule has 0 radical (unpaired) electrons. The lowest BCUT2D eigenvalue weighted by Gasteiger charge is -2.14. The molecule has 2 N–H and O–H groups in total. The highest BCUT2D eigenvalue weighted by atomic mass is 32.2. The van der Waals surface area contributed by atoms with Gasteiger partial charge >= 0.3 is 0 Å². The van der Waals surface area contributed by atoms with Crippen molar-refractivity contribution in [2.75, 3.05) is 33.2 Å². The Hall–Kier alpha value is -1.02. The fraction of sp³-hybridized carbons (Fsp3) is 0.615. The lowest BCUT2D eigenvalue weighted by atomic mass is 10.3. The van der Waals surface area contributed by atoms with Gasteiger partial charge in [-0.25, -0.2) is 18.1 Å². The predicted octanol–water partition coefficient (Wildman–Crippen LogP) is 0.175. The first-order valence-corrected chi connectivity index (χ1v) is 8.42. The minimum absolute atomic E-state index is 0.0822. The average Bonchev–Trinajstić information content (AvgIpc) is 2.93. The van der Waals surface area contributed by atoms with Crippen molar-refractivity contribution in [2.24, 2.45) is 0 Å². The molecule has 112 valence electrons. The van der Waals surface area contributed by atoms with Gasteiger partial charge < -0.3 is 10.2 Å². The largest absolute Gasteiger partial charge is 0.316 e. The van der Waals surface area contributed by atoms with Crippen LogP contribution in [0.25, 0.3) is 0 Å². The van der Waals surface area contributed by atoms with Crippen LogP contribution < -0.4 is 10.0 Å². The highest BCUT2D eigenvalue weighted by Crippen LogP contribution is 2.08. The molecule has 2 heterocycles. The number of hydrogen-bond acceptors (Lipinski definition) is 5. The summed E-state index contributed by atoms with van der Waals surface area (Å²) >= 11 is 0. The molecule has 0 unspecified atom stereocenters. The minimum Gasteiger partial charge on any atom is -0.316 e. The maximum absolute atomic E-state index is 12.1. The Morgan fingerprint density at radius 1 is 1.30 bits per heavy atom. The third-order valence-corrected chi connectivity index (χ3v) is 4.75. The number of nitrogens with one attached hydrogen (secondary N) is 2. The Morgan fingerprint density at radius 2 is 2.05 bits per heavy atom. The third-order valence-electron chi connectivity index (χ3n) is 3.37. The number of hydrogen-bond donors (Lipinski definition) is 2. The highest BCUT2D eigenvalue weighted by molar-refractivity contribution is 7.89. The van der Waals surface area contributed by atoms with E-state index in [0.29, 0.717) is 13.1 Å². The molecule has 0 atom stereocenters. The molecule has 7 heteroatoms. The molecule has 1 saturated heterocycles. The first-order valence-electron chi connectivity index (χ1n) is 6.93. The summed E-state index contributed by atoms with van der Waals surface area (Å²) in [4.78, 5) is 6.29. The van der Waals surface area contributed by atoms with Crippen molar-refractivity contribution < 1.29 is 8.42 Å². The van der Waals surface area contributed by atoms with Gasteiger partial charge in [0, 0.05) is 25.8 Å². The Kier molecular flexibility index (Phi) is 5.47. The predicted molar refractivity (Wildman–Crippen MR) is 77.9 cm³/mol. The summed E-state index contributed by atoms with van der Waals surface area (Å²) in [7, 11) is -1.65. The highest BCUT2D eigenvalue weighted by Gasteiger charge is 2.16. The Morgan fingerprint density at radius 3 is 2.65 bits per heavy atom. The van der Waals surface area contributed by atoms with Gasteiger partial charge in [0.05, 0.1) is 0 Å². The average molecular weight is 298 g/mol. The smallest absolute Gasteiger partial charge is 0.258 e. The second-order valence-corrected chi connectivity index (χ2v) is 6.70. The molecule has 1 aliphatic rings. The third kappa shape index (κ3) is 4.24. The number of nitrogens with zero attached hydrogens (tertiary/aromatic N) is 2. The molecule has 20 heavy (non-hydrogen) atoms. The van der Waals surface area contributed by atoms with Crippen molar-refractivity contribution in [3.63, 3.8) is 0 Å². The van der Waals surface area contributed by atoms with Crippen molar-refractivity contribution in [1.29, 1.82) is 0 Å². The van der Waals surface area contributed by atoms with E-state index in [-0.39, 0.29) is 5.03 Å². The van der Waals surface area contributed by atoms with E-state index in [1.165, 1.54) is 12.8 Å². The summed E-state index contributed by atoms with van der Waals surface area (Å²) < 4.78 is 26.7. The molecule has 6 nitrogen and oxygen atoms in total. The molecule has 0 amide bonds. The first-order chi connectivity index (χ1) is 9.62. The van der Waals surface area contributed by atoms with Gasteiger partial charge in [-0.15, -0.1) is 0 Å². The normalized spacial score (nSPS) is 16.6. The number of pyridine rings is 1. The van der Waals surface area contributed by atoms with Crippen LogP contribution in [0.2, 0.25) is 0 Å². The summed E-state index contributed by atoms with van der Waals surface area (Å²) in [5.74, 6) is 0. The lowest BCUT2D eigenvalue weighted by Crippen LogP contribution is -2.33. The van der Waals surface area contributed by atoms with Crippen LogP contribution in [0.3, 0.4) is 0 Å². The number of rotatable bonds is 7. The topological polar surface area (TPSA) is 74.3 Å². The molecule has 1 aliphatic heterocycles. The van der Waals surface area contributed by atoms with E-state index < -0.39 is 10.0 Å². The lowest BCUT2D eigenvalue weighted by molar-refractivity contribution is 0.344. The van der Waals surface area contributed by atoms with Crippen LogP contribution in [0.4, 0.5) is 0 Å². The summed E-state index contributed by atoms with van der Waals surface area (Å²) in [6, 6.07) is 3.32. The molecular formula is C13H22N4O2S. The van der Waals surface area contributed by atoms with E-state index in [1.807, 2.05) is 7.05 Å². The van der Waals surface area contributed by atoms with Crippen molar-refractivity contribution in [1.82, 2.24) is 19.9 Å². The molecule has 0 aromatic carbocycles. The Bertz CT molecular complexity index is 510. The maximum atomic E-state index is 12.1. The van der Waals surface area contributed by atoms with Crippen molar-refractivity contribution in [2.45, 2.75) is 24.4 Å². The fourth-order valence-corrected chi connectivity index (χ4v) is 3.24. The second kappa shape index (κ2) is 7.12. The summed E-state index contributed by atoms with van der Waals surface area (Å²) in [6.07, 6.45) is 4.01. The number of sulfonamides is 1. The van der Waals surface area contributed by atoms with Gasteiger partial charge in [0.1, 0.15) is 0 Å². The molecule has 0 bridgehead atoms. The Labute approximate surface area is 120 Å².